The molecule has 0 radical (unpaired) electrons. The maximum absolute atomic E-state index is 13.0. The van der Waals surface area contributed by atoms with E-state index in [0.29, 0.717) is 27.3 Å². The highest BCUT2D eigenvalue weighted by Crippen LogP contribution is 2.27. The van der Waals surface area contributed by atoms with Crippen LogP contribution in [0.1, 0.15) is 11.3 Å². The summed E-state index contributed by atoms with van der Waals surface area (Å²) in [6.45, 7) is 0.758. The number of benzene rings is 1. The van der Waals surface area contributed by atoms with E-state index in [-0.39, 0.29) is 12.4 Å². The molecule has 0 aliphatic rings. The van der Waals surface area contributed by atoms with Crippen LogP contribution in [0, 0.1) is 5.82 Å². The molecule has 8 heteroatoms. The monoisotopic (exact) mass is 328 g/mol. The first-order valence-electron chi connectivity index (χ1n) is 6.17. The number of aromatic nitrogens is 1. The van der Waals surface area contributed by atoms with Gasteiger partial charge in [0.25, 0.3) is 0 Å². The Morgan fingerprint density at radius 2 is 2.24 bits per heavy atom. The lowest BCUT2D eigenvalue weighted by Crippen LogP contribution is -2.28. The van der Waals surface area contributed by atoms with E-state index in [2.05, 4.69) is 20.9 Å². The first kappa shape index (κ1) is 15.7. The van der Waals surface area contributed by atoms with E-state index in [1.807, 2.05) is 0 Å². The van der Waals surface area contributed by atoms with E-state index in [1.165, 1.54) is 23.5 Å². The molecule has 0 aliphatic heterocycles. The largest absolute Gasteiger partial charge is 0.334 e. The molecule has 1 aromatic carbocycles. The van der Waals surface area contributed by atoms with E-state index in [4.69, 9.17) is 11.6 Å². The normalized spacial score (nSPS) is 10.4. The molecule has 0 unspecified atom stereocenters. The highest BCUT2D eigenvalue weighted by atomic mass is 35.5. The smallest absolute Gasteiger partial charge is 0.321 e. The summed E-state index contributed by atoms with van der Waals surface area (Å²) in [4.78, 5) is 15.9. The number of nitrogens with one attached hydrogen (secondary N) is 3. The number of urea groups is 1. The molecule has 0 aliphatic carbocycles. The van der Waals surface area contributed by atoms with Crippen LogP contribution < -0.4 is 16.0 Å². The fourth-order valence-corrected chi connectivity index (χ4v) is 2.67. The zero-order valence-electron chi connectivity index (χ0n) is 11.2. The van der Waals surface area contributed by atoms with Crippen LogP contribution in [0.15, 0.2) is 24.3 Å². The molecule has 0 bridgehead atoms. The van der Waals surface area contributed by atoms with Gasteiger partial charge in [-0.3, -0.25) is 5.32 Å². The third kappa shape index (κ3) is 4.66. The Bertz CT molecular complexity index is 634. The molecule has 2 aromatic rings. The maximum Gasteiger partial charge on any atom is 0.321 e. The van der Waals surface area contributed by atoms with Crippen molar-refractivity contribution in [2.75, 3.05) is 12.4 Å². The average Bonchev–Trinajstić information content (AvgIpc) is 2.77. The summed E-state index contributed by atoms with van der Waals surface area (Å²) < 4.78 is 13.5. The van der Waals surface area contributed by atoms with Gasteiger partial charge in [-0.15, -0.1) is 0 Å². The van der Waals surface area contributed by atoms with Gasteiger partial charge in [-0.1, -0.05) is 35.1 Å². The number of hydrogen-bond donors (Lipinski definition) is 3. The number of hydrogen-bond acceptors (Lipinski definition) is 4. The Balaban J connectivity index is 1.88. The first-order chi connectivity index (χ1) is 10.1. The number of nitrogens with zero attached hydrogens (tertiary/aromatic N) is 1. The quantitative estimate of drug-likeness (QED) is 0.790. The minimum absolute atomic E-state index is 0.228. The topological polar surface area (TPSA) is 66.0 Å². The number of rotatable bonds is 5. The third-order valence-electron chi connectivity index (χ3n) is 2.56. The Morgan fingerprint density at radius 1 is 1.43 bits per heavy atom. The summed E-state index contributed by atoms with van der Waals surface area (Å²) in [6, 6.07) is 5.63. The number of carbonyl (C=O) groups is 1. The molecule has 1 heterocycles. The highest BCUT2D eigenvalue weighted by molar-refractivity contribution is 7.19. The third-order valence-corrected chi connectivity index (χ3v) is 3.81. The van der Waals surface area contributed by atoms with Gasteiger partial charge in [-0.05, 0) is 24.7 Å². The van der Waals surface area contributed by atoms with Crippen molar-refractivity contribution in [3.8, 4) is 0 Å². The van der Waals surface area contributed by atoms with Gasteiger partial charge in [-0.25, -0.2) is 14.2 Å². The maximum atomic E-state index is 13.0. The van der Waals surface area contributed by atoms with Gasteiger partial charge in [0.05, 0.1) is 5.69 Å². The Hall–Kier alpha value is -1.70. The fourth-order valence-electron chi connectivity index (χ4n) is 1.63. The van der Waals surface area contributed by atoms with Gasteiger partial charge >= 0.3 is 6.03 Å². The highest BCUT2D eigenvalue weighted by Gasteiger charge is 2.11. The molecule has 5 nitrogen and oxygen atoms in total. The molecule has 0 spiro atoms. The van der Waals surface area contributed by atoms with Crippen molar-refractivity contribution in [1.82, 2.24) is 15.6 Å². The summed E-state index contributed by atoms with van der Waals surface area (Å²) in [6.07, 6.45) is 0. The summed E-state index contributed by atoms with van der Waals surface area (Å²) in [5.74, 6) is -0.335. The average molecular weight is 329 g/mol. The SMILES string of the molecule is CNCc1nc(NC(=O)NCc2cccc(F)c2)sc1Cl. The summed E-state index contributed by atoms with van der Waals surface area (Å²) in [5.41, 5.74) is 1.36. The zero-order valence-corrected chi connectivity index (χ0v) is 12.8. The summed E-state index contributed by atoms with van der Waals surface area (Å²) in [7, 11) is 1.79. The van der Waals surface area contributed by atoms with Crippen LogP contribution >= 0.6 is 22.9 Å². The lowest BCUT2D eigenvalue weighted by Gasteiger charge is -2.05. The predicted molar refractivity (Wildman–Crippen MR) is 82.1 cm³/mol. The van der Waals surface area contributed by atoms with E-state index < -0.39 is 6.03 Å². The molecule has 0 saturated carbocycles. The molecule has 0 saturated heterocycles. The van der Waals surface area contributed by atoms with E-state index >= 15 is 0 Å². The fraction of sp³-hybridized carbons (Fsp3) is 0.231. The standard InChI is InChI=1S/C13H14ClFN4OS/c1-16-7-10-11(14)21-13(18-10)19-12(20)17-6-8-3-2-4-9(15)5-8/h2-5,16H,6-7H2,1H3,(H2,17,18,19,20). The molecule has 112 valence electrons. The van der Waals surface area contributed by atoms with Crippen molar-refractivity contribution < 1.29 is 9.18 Å². The van der Waals surface area contributed by atoms with Crippen LogP contribution in [-0.4, -0.2) is 18.1 Å². The zero-order chi connectivity index (χ0) is 15.2. The minimum Gasteiger partial charge on any atom is -0.334 e. The molecule has 3 N–H and O–H groups in total. The van der Waals surface area contributed by atoms with Crippen LogP contribution in [-0.2, 0) is 13.1 Å². The Kier molecular flexibility index (Phi) is 5.49. The van der Waals surface area contributed by atoms with Crippen molar-refractivity contribution in [3.63, 3.8) is 0 Å². The van der Waals surface area contributed by atoms with Gasteiger partial charge < -0.3 is 10.6 Å². The van der Waals surface area contributed by atoms with Crippen LogP contribution in [0.4, 0.5) is 14.3 Å². The van der Waals surface area contributed by atoms with Crippen molar-refractivity contribution in [1.29, 1.82) is 0 Å². The Morgan fingerprint density at radius 3 is 2.95 bits per heavy atom. The molecule has 0 fully saturated rings. The van der Waals surface area contributed by atoms with Crippen molar-refractivity contribution in [3.05, 3.63) is 45.7 Å². The van der Waals surface area contributed by atoms with Gasteiger partial charge in [0.2, 0.25) is 0 Å². The number of thiazole rings is 1. The summed E-state index contributed by atoms with van der Waals surface area (Å²) >= 11 is 7.19. The van der Waals surface area contributed by atoms with Crippen molar-refractivity contribution in [2.45, 2.75) is 13.1 Å². The van der Waals surface area contributed by atoms with Gasteiger partial charge in [0, 0.05) is 13.1 Å². The molecular formula is C13H14ClFN4OS. The van der Waals surface area contributed by atoms with Crippen molar-refractivity contribution >= 4 is 34.1 Å². The van der Waals surface area contributed by atoms with Gasteiger partial charge in [0.1, 0.15) is 10.2 Å². The van der Waals surface area contributed by atoms with Crippen LogP contribution in [0.5, 0.6) is 0 Å². The summed E-state index contributed by atoms with van der Waals surface area (Å²) in [5, 5.41) is 8.58. The second kappa shape index (κ2) is 7.35. The van der Waals surface area contributed by atoms with Crippen LogP contribution in [0.3, 0.4) is 0 Å². The number of halogens is 2. The molecular weight excluding hydrogens is 315 g/mol. The predicted octanol–water partition coefficient (Wildman–Crippen LogP) is 2.98. The van der Waals surface area contributed by atoms with Crippen LogP contribution in [0.2, 0.25) is 4.34 Å². The van der Waals surface area contributed by atoms with E-state index in [0.717, 1.165) is 0 Å². The number of anilines is 1. The van der Waals surface area contributed by atoms with Crippen molar-refractivity contribution in [2.24, 2.45) is 0 Å². The Labute approximate surface area is 130 Å². The van der Waals surface area contributed by atoms with E-state index in [1.54, 1.807) is 19.2 Å². The molecule has 1 aromatic heterocycles. The second-order valence-corrected chi connectivity index (χ2v) is 5.81. The van der Waals surface area contributed by atoms with Gasteiger partial charge in [-0.2, -0.15) is 0 Å². The molecule has 21 heavy (non-hydrogen) atoms. The number of amides is 2. The van der Waals surface area contributed by atoms with E-state index in [9.17, 15) is 9.18 Å². The lowest BCUT2D eigenvalue weighted by atomic mass is 10.2. The molecule has 2 amide bonds. The van der Waals surface area contributed by atoms with Gasteiger partial charge in [0.15, 0.2) is 5.13 Å². The van der Waals surface area contributed by atoms with Crippen LogP contribution in [0.25, 0.3) is 0 Å². The first-order valence-corrected chi connectivity index (χ1v) is 7.37. The molecule has 0 atom stereocenters. The lowest BCUT2D eigenvalue weighted by molar-refractivity contribution is 0.251. The number of carbonyl (C=O) groups excluding carboxylic acids is 1. The second-order valence-electron chi connectivity index (χ2n) is 4.21. The molecule has 2 rings (SSSR count). The minimum atomic E-state index is -0.416.